The smallest absolute Gasteiger partial charge is 0.321 e. The molecule has 1 saturated heterocycles. The first-order valence-corrected chi connectivity index (χ1v) is 14.4. The summed E-state index contributed by atoms with van der Waals surface area (Å²) in [6.07, 6.45) is 4.96. The van der Waals surface area contributed by atoms with Gasteiger partial charge in [0, 0.05) is 39.0 Å². The Kier molecular flexibility index (Phi) is 9.58. The van der Waals surface area contributed by atoms with Crippen molar-refractivity contribution in [2.75, 3.05) is 45.0 Å². The molecule has 1 aliphatic rings. The van der Waals surface area contributed by atoms with Crippen LogP contribution in [0, 0.1) is 0 Å². The molecule has 4 rings (SSSR count). The van der Waals surface area contributed by atoms with Gasteiger partial charge in [-0.25, -0.2) is 0 Å². The number of methoxy groups -OCH3 is 1. The zero-order valence-corrected chi connectivity index (χ0v) is 23.1. The van der Waals surface area contributed by atoms with E-state index in [1.165, 1.54) is 4.31 Å². The molecule has 1 heterocycles. The summed E-state index contributed by atoms with van der Waals surface area (Å²) in [4.78, 5) is 13.5. The first-order valence-electron chi connectivity index (χ1n) is 13.0. The quantitative estimate of drug-likeness (QED) is 0.256. The molecule has 0 amide bonds. The van der Waals surface area contributed by atoms with Crippen LogP contribution in [0.2, 0.25) is 0 Å². The largest absolute Gasteiger partial charge is 0.480 e. The van der Waals surface area contributed by atoms with Gasteiger partial charge < -0.3 is 19.5 Å². The number of nitrogens with one attached hydrogen (secondary N) is 1. The molecule has 0 bridgehead atoms. The van der Waals surface area contributed by atoms with Crippen molar-refractivity contribution in [2.45, 2.75) is 25.8 Å². The number of rotatable bonds is 12. The van der Waals surface area contributed by atoms with Gasteiger partial charge in [0.15, 0.2) is 6.79 Å². The molecule has 0 aromatic heterocycles. The number of ether oxygens (including phenoxy) is 2. The minimum absolute atomic E-state index is 0.217. The van der Waals surface area contributed by atoms with Crippen molar-refractivity contribution in [2.24, 2.45) is 0 Å². The Morgan fingerprint density at radius 3 is 2.28 bits per heavy atom. The molecular weight excluding hydrogens is 518 g/mol. The number of hydrogen-bond donors (Lipinski definition) is 2. The zero-order chi connectivity index (χ0) is 27.8. The second-order valence-electron chi connectivity index (χ2n) is 9.43. The summed E-state index contributed by atoms with van der Waals surface area (Å²) in [6, 6.07) is 19.3. The summed E-state index contributed by atoms with van der Waals surface area (Å²) in [6.45, 7) is 3.67. The lowest BCUT2D eigenvalue weighted by molar-refractivity contribution is -0.139. The molecule has 1 unspecified atom stereocenters. The first kappa shape index (κ1) is 28.6. The van der Waals surface area contributed by atoms with E-state index in [0.717, 1.165) is 33.3 Å². The fourth-order valence-electron chi connectivity index (χ4n) is 4.51. The van der Waals surface area contributed by atoms with Crippen molar-refractivity contribution < 1.29 is 27.8 Å². The molecule has 208 valence electrons. The minimum atomic E-state index is -3.86. The Balaban J connectivity index is 1.33. The van der Waals surface area contributed by atoms with E-state index in [-0.39, 0.29) is 26.3 Å². The number of carbonyl (C=O) groups is 1. The van der Waals surface area contributed by atoms with Crippen LogP contribution in [0.5, 0.6) is 5.75 Å². The number of carboxylic acids is 1. The van der Waals surface area contributed by atoms with Crippen LogP contribution in [-0.2, 0) is 19.7 Å². The lowest BCUT2D eigenvalue weighted by Crippen LogP contribution is -2.54. The average Bonchev–Trinajstić information content (AvgIpc) is 2.95. The van der Waals surface area contributed by atoms with Gasteiger partial charge in [-0.3, -0.25) is 4.79 Å². The highest BCUT2D eigenvalue weighted by Crippen LogP contribution is 2.24. The summed E-state index contributed by atoms with van der Waals surface area (Å²) in [7, 11) is -2.27. The number of anilines is 1. The van der Waals surface area contributed by atoms with E-state index in [0.29, 0.717) is 19.5 Å². The molecule has 0 saturated carbocycles. The minimum Gasteiger partial charge on any atom is -0.480 e. The number of fused-ring (bicyclic) bond motifs is 1. The molecule has 0 radical (unpaired) electrons. The number of aliphatic carboxylic acids is 1. The molecule has 10 heteroatoms. The van der Waals surface area contributed by atoms with E-state index >= 15 is 0 Å². The summed E-state index contributed by atoms with van der Waals surface area (Å²) < 4.78 is 39.5. The normalized spacial score (nSPS) is 15.6. The fraction of sp³-hybridized carbons (Fsp3) is 0.345. The Morgan fingerprint density at radius 1 is 0.974 bits per heavy atom. The van der Waals surface area contributed by atoms with Crippen LogP contribution in [-0.4, -0.2) is 69.9 Å². The predicted molar refractivity (Wildman–Crippen MR) is 154 cm³/mol. The Labute approximate surface area is 229 Å². The molecule has 1 atom stereocenters. The average molecular weight is 554 g/mol. The van der Waals surface area contributed by atoms with E-state index in [9.17, 15) is 18.3 Å². The first-order chi connectivity index (χ1) is 18.8. The number of piperazine rings is 1. The van der Waals surface area contributed by atoms with Crippen LogP contribution in [0.25, 0.3) is 22.9 Å². The van der Waals surface area contributed by atoms with Gasteiger partial charge in [0.25, 0.3) is 10.2 Å². The van der Waals surface area contributed by atoms with Gasteiger partial charge in [-0.2, -0.15) is 17.4 Å². The molecule has 2 N–H and O–H groups in total. The molecule has 9 nitrogen and oxygen atoms in total. The SMILES string of the molecule is CCCC(NS(=O)(=O)N1CCN(c2ccc(C=Cc3ccc4cc(OCOC)ccc4c3)cc2)CC1)C(=O)O. The number of nitrogens with zero attached hydrogens (tertiary/aromatic N) is 2. The standard InChI is InChI=1S/C29H35N3O6S/c1-3-4-28(29(33)34)30-39(35,36)32-17-15-31(16-18-32)26-12-8-22(9-13-26)5-6-23-7-10-25-20-27(38-21-37-2)14-11-24(25)19-23/h5-14,19-20,28,30H,3-4,15-18,21H2,1-2H3,(H,33,34). The topological polar surface area (TPSA) is 108 Å². The van der Waals surface area contributed by atoms with E-state index in [4.69, 9.17) is 9.47 Å². The fourth-order valence-corrected chi connectivity index (χ4v) is 5.89. The monoisotopic (exact) mass is 553 g/mol. The van der Waals surface area contributed by atoms with Gasteiger partial charge >= 0.3 is 5.97 Å². The lowest BCUT2D eigenvalue weighted by Gasteiger charge is -2.35. The van der Waals surface area contributed by atoms with Crippen LogP contribution in [0.4, 0.5) is 5.69 Å². The Bertz CT molecular complexity index is 1400. The van der Waals surface area contributed by atoms with Crippen LogP contribution in [0.15, 0.2) is 60.7 Å². The van der Waals surface area contributed by atoms with E-state index < -0.39 is 22.2 Å². The van der Waals surface area contributed by atoms with Crippen molar-refractivity contribution in [3.8, 4) is 5.75 Å². The summed E-state index contributed by atoms with van der Waals surface area (Å²) in [5, 5.41) is 11.5. The van der Waals surface area contributed by atoms with Gasteiger partial charge in [-0.05, 0) is 58.7 Å². The molecule has 0 aliphatic carbocycles. The number of hydrogen-bond acceptors (Lipinski definition) is 6. The van der Waals surface area contributed by atoms with Crippen molar-refractivity contribution in [3.05, 3.63) is 71.8 Å². The zero-order valence-electron chi connectivity index (χ0n) is 22.2. The third kappa shape index (κ3) is 7.57. The maximum Gasteiger partial charge on any atom is 0.321 e. The van der Waals surface area contributed by atoms with E-state index in [1.807, 2.05) is 49.4 Å². The van der Waals surface area contributed by atoms with Gasteiger partial charge in [0.1, 0.15) is 11.8 Å². The van der Waals surface area contributed by atoms with Gasteiger partial charge in [0.2, 0.25) is 0 Å². The molecule has 39 heavy (non-hydrogen) atoms. The summed E-state index contributed by atoms with van der Waals surface area (Å²) in [5.74, 6) is -0.387. The molecule has 0 spiro atoms. The summed E-state index contributed by atoms with van der Waals surface area (Å²) in [5.41, 5.74) is 3.17. The van der Waals surface area contributed by atoms with Gasteiger partial charge in [-0.1, -0.05) is 55.8 Å². The van der Waals surface area contributed by atoms with Crippen LogP contribution in [0.3, 0.4) is 0 Å². The Morgan fingerprint density at radius 2 is 1.62 bits per heavy atom. The maximum atomic E-state index is 12.7. The summed E-state index contributed by atoms with van der Waals surface area (Å²) >= 11 is 0. The predicted octanol–water partition coefficient (Wildman–Crippen LogP) is 4.20. The third-order valence-corrected chi connectivity index (χ3v) is 8.28. The van der Waals surface area contributed by atoms with Gasteiger partial charge in [0.05, 0.1) is 0 Å². The van der Waals surface area contributed by atoms with E-state index in [1.54, 1.807) is 7.11 Å². The third-order valence-electron chi connectivity index (χ3n) is 6.65. The van der Waals surface area contributed by atoms with Crippen molar-refractivity contribution in [1.29, 1.82) is 0 Å². The van der Waals surface area contributed by atoms with Crippen molar-refractivity contribution >= 4 is 44.8 Å². The lowest BCUT2D eigenvalue weighted by atomic mass is 10.1. The molecule has 3 aromatic carbocycles. The molecular formula is C29H35N3O6S. The van der Waals surface area contributed by atoms with Crippen LogP contribution < -0.4 is 14.4 Å². The number of carboxylic acid groups (broad SMARTS) is 1. The molecule has 1 aliphatic heterocycles. The van der Waals surface area contributed by atoms with Crippen LogP contribution >= 0.6 is 0 Å². The van der Waals surface area contributed by atoms with Crippen LogP contribution in [0.1, 0.15) is 30.9 Å². The Hall–Kier alpha value is -3.44. The van der Waals surface area contributed by atoms with E-state index in [2.05, 4.69) is 40.0 Å². The highest BCUT2D eigenvalue weighted by atomic mass is 32.2. The number of benzene rings is 3. The second-order valence-corrected chi connectivity index (χ2v) is 11.1. The van der Waals surface area contributed by atoms with Gasteiger partial charge in [-0.15, -0.1) is 0 Å². The second kappa shape index (κ2) is 13.1. The molecule has 1 fully saturated rings. The molecule has 3 aromatic rings. The highest BCUT2D eigenvalue weighted by molar-refractivity contribution is 7.87. The highest BCUT2D eigenvalue weighted by Gasteiger charge is 2.31. The maximum absolute atomic E-state index is 12.7. The van der Waals surface area contributed by atoms with Crippen molar-refractivity contribution in [3.63, 3.8) is 0 Å². The van der Waals surface area contributed by atoms with Crippen molar-refractivity contribution in [1.82, 2.24) is 9.03 Å².